The summed E-state index contributed by atoms with van der Waals surface area (Å²) in [6, 6.07) is 30.1. The summed E-state index contributed by atoms with van der Waals surface area (Å²) in [5, 5.41) is 0. The summed E-state index contributed by atoms with van der Waals surface area (Å²) in [4.78, 5) is 14.9. The van der Waals surface area contributed by atoms with E-state index in [1.54, 1.807) is 71.6 Å². The maximum absolute atomic E-state index is 13.3. The number of ether oxygens (including phenoxy) is 1. The van der Waals surface area contributed by atoms with E-state index < -0.39 is 10.0 Å². The van der Waals surface area contributed by atoms with Crippen LogP contribution < -0.4 is 14.4 Å². The van der Waals surface area contributed by atoms with E-state index in [0.29, 0.717) is 35.7 Å². The van der Waals surface area contributed by atoms with Crippen LogP contribution in [0.25, 0.3) is 0 Å². The van der Waals surface area contributed by atoms with Gasteiger partial charge in [0.1, 0.15) is 5.75 Å². The number of amides is 1. The third-order valence-corrected chi connectivity index (χ3v) is 7.21. The van der Waals surface area contributed by atoms with Crippen LogP contribution in [0.3, 0.4) is 0 Å². The van der Waals surface area contributed by atoms with Gasteiger partial charge in [0.25, 0.3) is 15.9 Å². The van der Waals surface area contributed by atoms with Gasteiger partial charge in [-0.2, -0.15) is 0 Å². The van der Waals surface area contributed by atoms with Crippen molar-refractivity contribution in [2.75, 3.05) is 16.2 Å². The first-order valence-electron chi connectivity index (χ1n) is 11.4. The van der Waals surface area contributed by atoms with Crippen molar-refractivity contribution in [2.24, 2.45) is 0 Å². The van der Waals surface area contributed by atoms with Gasteiger partial charge in [-0.1, -0.05) is 48.5 Å². The molecule has 6 nitrogen and oxygen atoms in total. The molecular weight excluding hydrogens is 460 g/mol. The summed E-state index contributed by atoms with van der Waals surface area (Å²) >= 11 is 0. The number of carbonyl (C=O) groups is 1. The molecule has 1 N–H and O–H groups in total. The molecule has 4 aromatic rings. The molecule has 0 unspecified atom stereocenters. The zero-order valence-electron chi connectivity index (χ0n) is 18.9. The van der Waals surface area contributed by atoms with E-state index in [1.165, 1.54) is 0 Å². The molecule has 0 aromatic heterocycles. The number of benzene rings is 4. The molecule has 35 heavy (non-hydrogen) atoms. The molecule has 1 amide bonds. The van der Waals surface area contributed by atoms with Crippen LogP contribution in [0.2, 0.25) is 0 Å². The highest BCUT2D eigenvalue weighted by atomic mass is 32.2. The van der Waals surface area contributed by atoms with Crippen LogP contribution in [0.15, 0.2) is 108 Å². The van der Waals surface area contributed by atoms with E-state index >= 15 is 0 Å². The van der Waals surface area contributed by atoms with Crippen molar-refractivity contribution in [3.63, 3.8) is 0 Å². The number of sulfonamides is 1. The third-order valence-electron chi connectivity index (χ3n) is 5.85. The van der Waals surface area contributed by atoms with Crippen LogP contribution in [0.5, 0.6) is 11.5 Å². The van der Waals surface area contributed by atoms with Crippen molar-refractivity contribution in [3.8, 4) is 11.5 Å². The SMILES string of the molecule is O=C(c1ccccc1)N1CCCc2cc(S(=O)(=O)Nc3ccccc3Oc3ccccc3)ccc21. The van der Waals surface area contributed by atoms with E-state index in [1.807, 2.05) is 36.4 Å². The van der Waals surface area contributed by atoms with Crippen LogP contribution in [0.1, 0.15) is 22.3 Å². The van der Waals surface area contributed by atoms with E-state index in [4.69, 9.17) is 4.74 Å². The Morgan fingerprint density at radius 3 is 2.29 bits per heavy atom. The largest absolute Gasteiger partial charge is 0.455 e. The van der Waals surface area contributed by atoms with Gasteiger partial charge in [0.05, 0.1) is 10.6 Å². The molecule has 0 atom stereocenters. The minimum Gasteiger partial charge on any atom is -0.455 e. The first kappa shape index (κ1) is 22.7. The molecule has 1 aliphatic rings. The predicted molar refractivity (Wildman–Crippen MR) is 137 cm³/mol. The Morgan fingerprint density at radius 1 is 0.829 bits per heavy atom. The van der Waals surface area contributed by atoms with E-state index in [-0.39, 0.29) is 10.8 Å². The number of anilines is 2. The number of nitrogens with one attached hydrogen (secondary N) is 1. The molecule has 5 rings (SSSR count). The molecule has 4 aromatic carbocycles. The van der Waals surface area contributed by atoms with Crippen molar-refractivity contribution in [2.45, 2.75) is 17.7 Å². The molecule has 0 saturated heterocycles. The van der Waals surface area contributed by atoms with E-state index in [2.05, 4.69) is 4.72 Å². The summed E-state index contributed by atoms with van der Waals surface area (Å²) in [7, 11) is -3.88. The molecule has 0 bridgehead atoms. The first-order valence-corrected chi connectivity index (χ1v) is 12.8. The van der Waals surface area contributed by atoms with Crippen molar-refractivity contribution in [1.82, 2.24) is 0 Å². The van der Waals surface area contributed by atoms with Crippen LogP contribution in [-0.4, -0.2) is 20.9 Å². The summed E-state index contributed by atoms with van der Waals surface area (Å²) in [6.07, 6.45) is 1.46. The number of hydrogen-bond donors (Lipinski definition) is 1. The lowest BCUT2D eigenvalue weighted by atomic mass is 10.0. The van der Waals surface area contributed by atoms with Gasteiger partial charge in [-0.25, -0.2) is 8.42 Å². The molecule has 0 aliphatic carbocycles. The lowest BCUT2D eigenvalue weighted by Crippen LogP contribution is -2.35. The van der Waals surface area contributed by atoms with Gasteiger partial charge < -0.3 is 9.64 Å². The summed E-state index contributed by atoms with van der Waals surface area (Å²) in [5.74, 6) is 0.920. The van der Waals surface area contributed by atoms with Gasteiger partial charge in [-0.15, -0.1) is 0 Å². The molecule has 1 aliphatic heterocycles. The Balaban J connectivity index is 1.41. The van der Waals surface area contributed by atoms with Crippen LogP contribution in [0.4, 0.5) is 11.4 Å². The molecular formula is C28H24N2O4S. The van der Waals surface area contributed by atoms with Gasteiger partial charge >= 0.3 is 0 Å². The van der Waals surface area contributed by atoms with Crippen molar-refractivity contribution >= 4 is 27.3 Å². The normalized spacial score (nSPS) is 13.1. The van der Waals surface area contributed by atoms with Crippen LogP contribution >= 0.6 is 0 Å². The average molecular weight is 485 g/mol. The standard InChI is InChI=1S/C28H24N2O4S/c31-28(21-10-3-1-4-11-21)30-19-9-12-22-20-24(17-18-26(22)30)35(32,33)29-25-15-7-8-16-27(25)34-23-13-5-2-6-14-23/h1-8,10-11,13-18,20,29H,9,12,19H2. The molecule has 1 heterocycles. The molecule has 7 heteroatoms. The van der Waals surface area contributed by atoms with Crippen LogP contribution in [0, 0.1) is 0 Å². The van der Waals surface area contributed by atoms with Gasteiger partial charge in [-0.05, 0) is 73.0 Å². The van der Waals surface area contributed by atoms with Gasteiger partial charge in [0, 0.05) is 17.8 Å². The topological polar surface area (TPSA) is 75.7 Å². The fraction of sp³-hybridized carbons (Fsp3) is 0.107. The quantitative estimate of drug-likeness (QED) is 0.371. The van der Waals surface area contributed by atoms with Crippen molar-refractivity contribution < 1.29 is 17.9 Å². The highest BCUT2D eigenvalue weighted by molar-refractivity contribution is 7.92. The lowest BCUT2D eigenvalue weighted by molar-refractivity contribution is 0.0985. The first-order chi connectivity index (χ1) is 17.0. The molecule has 0 fully saturated rings. The number of carbonyl (C=O) groups excluding carboxylic acids is 1. The van der Waals surface area contributed by atoms with Crippen molar-refractivity contribution in [1.29, 1.82) is 0 Å². The highest BCUT2D eigenvalue weighted by Gasteiger charge is 2.26. The van der Waals surface area contributed by atoms with E-state index in [0.717, 1.165) is 17.7 Å². The number of para-hydroxylation sites is 3. The number of rotatable bonds is 6. The highest BCUT2D eigenvalue weighted by Crippen LogP contribution is 2.33. The number of fused-ring (bicyclic) bond motifs is 1. The third kappa shape index (κ3) is 4.90. The Kier molecular flexibility index (Phi) is 6.25. The van der Waals surface area contributed by atoms with Gasteiger partial charge in [-0.3, -0.25) is 9.52 Å². The summed E-state index contributed by atoms with van der Waals surface area (Å²) < 4.78 is 35.1. The second kappa shape index (κ2) is 9.64. The van der Waals surface area contributed by atoms with Gasteiger partial charge in [0.2, 0.25) is 0 Å². The Labute approximate surface area is 204 Å². The maximum atomic E-state index is 13.3. The van der Waals surface area contributed by atoms with Crippen LogP contribution in [-0.2, 0) is 16.4 Å². The Bertz CT molecular complexity index is 1460. The molecule has 0 saturated carbocycles. The summed E-state index contributed by atoms with van der Waals surface area (Å²) in [6.45, 7) is 0.593. The second-order valence-electron chi connectivity index (χ2n) is 8.23. The van der Waals surface area contributed by atoms with Gasteiger partial charge in [0.15, 0.2) is 5.75 Å². The second-order valence-corrected chi connectivity index (χ2v) is 9.92. The molecule has 0 spiro atoms. The smallest absolute Gasteiger partial charge is 0.262 e. The fourth-order valence-corrected chi connectivity index (χ4v) is 5.27. The Hall–Kier alpha value is -4.10. The lowest BCUT2D eigenvalue weighted by Gasteiger charge is -2.30. The summed E-state index contributed by atoms with van der Waals surface area (Å²) in [5.41, 5.74) is 2.53. The minimum absolute atomic E-state index is 0.0905. The zero-order chi connectivity index (χ0) is 24.3. The number of hydrogen-bond acceptors (Lipinski definition) is 4. The predicted octanol–water partition coefficient (Wildman–Crippen LogP) is 5.87. The Morgan fingerprint density at radius 2 is 1.51 bits per heavy atom. The number of nitrogens with zero attached hydrogens (tertiary/aromatic N) is 1. The maximum Gasteiger partial charge on any atom is 0.262 e. The minimum atomic E-state index is -3.88. The zero-order valence-corrected chi connectivity index (χ0v) is 19.7. The molecule has 176 valence electrons. The molecule has 0 radical (unpaired) electrons. The fourth-order valence-electron chi connectivity index (χ4n) is 4.15. The average Bonchev–Trinajstić information content (AvgIpc) is 2.90. The monoisotopic (exact) mass is 484 g/mol. The van der Waals surface area contributed by atoms with Crippen molar-refractivity contribution in [3.05, 3.63) is 114 Å². The van der Waals surface area contributed by atoms with E-state index in [9.17, 15) is 13.2 Å². The number of aryl methyl sites for hydroxylation is 1.